The van der Waals surface area contributed by atoms with Crippen LogP contribution in [-0.2, 0) is 9.53 Å². The number of aliphatic hydroxyl groups excluding tert-OH is 1. The van der Waals surface area contributed by atoms with Crippen molar-refractivity contribution in [3.63, 3.8) is 0 Å². The Kier molecular flexibility index (Phi) is 5.52. The molecule has 4 unspecified atom stereocenters. The van der Waals surface area contributed by atoms with Crippen molar-refractivity contribution in [1.82, 2.24) is 10.2 Å². The monoisotopic (exact) mass is 354 g/mol. The molecular formula is C16H26N4O5. The molecule has 140 valence electrons. The summed E-state index contributed by atoms with van der Waals surface area (Å²) in [5, 5.41) is 33.1. The van der Waals surface area contributed by atoms with Crippen LogP contribution in [0.1, 0.15) is 20.8 Å². The van der Waals surface area contributed by atoms with Crippen LogP contribution < -0.4 is 11.1 Å². The van der Waals surface area contributed by atoms with Gasteiger partial charge in [0.2, 0.25) is 0 Å². The highest BCUT2D eigenvalue weighted by Crippen LogP contribution is 2.36. The van der Waals surface area contributed by atoms with Gasteiger partial charge in [-0.3, -0.25) is 10.1 Å². The van der Waals surface area contributed by atoms with E-state index in [-0.39, 0.29) is 24.2 Å². The molecule has 9 heteroatoms. The zero-order valence-electron chi connectivity index (χ0n) is 14.6. The van der Waals surface area contributed by atoms with E-state index in [1.54, 1.807) is 20.0 Å². The smallest absolute Gasteiger partial charge is 0.320 e. The number of carboxylic acids is 1. The number of carboxylic acid groups (broad SMARTS) is 1. The summed E-state index contributed by atoms with van der Waals surface area (Å²) < 4.78 is 5.79. The van der Waals surface area contributed by atoms with E-state index < -0.39 is 36.0 Å². The van der Waals surface area contributed by atoms with Gasteiger partial charge in [-0.05, 0) is 18.9 Å². The maximum Gasteiger partial charge on any atom is 0.320 e. The van der Waals surface area contributed by atoms with Gasteiger partial charge in [-0.2, -0.15) is 0 Å². The standard InChI is InChI=1S/C16H26N4O5/c1-8(2)12(14(22)23)19-13-10(7-21)25-15(16(13,4)24)20-6-5-11(17)18-9(20)3/h5-6,8,10,12-13,15,19,21,24H,3,7H2,1-2,4H3,(H2,17,18)(H,22,23)/t10?,12-,13?,15?,16?/m0/s1. The van der Waals surface area contributed by atoms with E-state index in [0.717, 1.165) is 0 Å². The summed E-state index contributed by atoms with van der Waals surface area (Å²) in [7, 11) is 0. The number of nitrogens with one attached hydrogen (secondary N) is 1. The molecule has 2 rings (SSSR count). The molecule has 0 aromatic heterocycles. The van der Waals surface area contributed by atoms with E-state index >= 15 is 0 Å². The number of amidine groups is 1. The summed E-state index contributed by atoms with van der Waals surface area (Å²) in [5.74, 6) is -0.703. The van der Waals surface area contributed by atoms with Gasteiger partial charge in [0.15, 0.2) is 6.23 Å². The highest BCUT2D eigenvalue weighted by Gasteiger charge is 2.55. The molecule has 5 atom stereocenters. The average Bonchev–Trinajstić information content (AvgIpc) is 2.74. The van der Waals surface area contributed by atoms with Gasteiger partial charge in [-0.25, -0.2) is 4.99 Å². The fourth-order valence-corrected chi connectivity index (χ4v) is 3.13. The van der Waals surface area contributed by atoms with E-state index in [0.29, 0.717) is 0 Å². The van der Waals surface area contributed by atoms with E-state index in [9.17, 15) is 20.1 Å². The molecular weight excluding hydrogens is 328 g/mol. The number of nitrogens with zero attached hydrogens (tertiary/aromatic N) is 2. The summed E-state index contributed by atoms with van der Waals surface area (Å²) in [6.45, 7) is 8.44. The summed E-state index contributed by atoms with van der Waals surface area (Å²) in [6, 6.07) is -1.71. The number of hydrogen-bond donors (Lipinski definition) is 5. The second-order valence-electron chi connectivity index (χ2n) is 6.82. The number of aliphatic hydroxyl groups is 2. The normalized spacial score (nSPS) is 33.7. The summed E-state index contributed by atoms with van der Waals surface area (Å²) in [5.41, 5.74) is 4.10. The van der Waals surface area contributed by atoms with Crippen molar-refractivity contribution in [3.8, 4) is 0 Å². The SMILES string of the molecule is C=C1N=C(N)C=CN1C1OC(CO)C(N[C@H](C(=O)O)C(C)C)C1(C)O. The molecule has 0 spiro atoms. The number of hydrogen-bond acceptors (Lipinski definition) is 8. The van der Waals surface area contributed by atoms with Gasteiger partial charge in [-0.15, -0.1) is 0 Å². The summed E-state index contributed by atoms with van der Waals surface area (Å²) in [6.07, 6.45) is 1.41. The summed E-state index contributed by atoms with van der Waals surface area (Å²) in [4.78, 5) is 17.0. The van der Waals surface area contributed by atoms with Crippen molar-refractivity contribution >= 4 is 11.8 Å². The Morgan fingerprint density at radius 1 is 1.60 bits per heavy atom. The first-order valence-corrected chi connectivity index (χ1v) is 8.06. The molecule has 2 heterocycles. The Hall–Kier alpha value is -1.94. The maximum atomic E-state index is 11.5. The predicted octanol–water partition coefficient (Wildman–Crippen LogP) is -0.820. The minimum atomic E-state index is -1.52. The highest BCUT2D eigenvalue weighted by atomic mass is 16.6. The van der Waals surface area contributed by atoms with Gasteiger partial charge in [0.25, 0.3) is 0 Å². The molecule has 0 bridgehead atoms. The molecule has 2 aliphatic rings. The lowest BCUT2D eigenvalue weighted by atomic mass is 9.90. The van der Waals surface area contributed by atoms with E-state index in [1.807, 2.05) is 0 Å². The summed E-state index contributed by atoms with van der Waals surface area (Å²) >= 11 is 0. The zero-order chi connectivity index (χ0) is 18.9. The number of aliphatic carboxylic acids is 1. The minimum absolute atomic E-state index is 0.221. The van der Waals surface area contributed by atoms with Crippen LogP contribution in [0.3, 0.4) is 0 Å². The van der Waals surface area contributed by atoms with Gasteiger partial charge in [0.05, 0.1) is 12.6 Å². The lowest BCUT2D eigenvalue weighted by Gasteiger charge is -2.38. The molecule has 1 saturated heterocycles. The Balaban J connectivity index is 2.28. The molecule has 9 nitrogen and oxygen atoms in total. The van der Waals surface area contributed by atoms with Crippen molar-refractivity contribution in [2.24, 2.45) is 16.6 Å². The van der Waals surface area contributed by atoms with Crippen LogP contribution in [0.4, 0.5) is 0 Å². The van der Waals surface area contributed by atoms with Crippen LogP contribution in [0, 0.1) is 5.92 Å². The first kappa shape index (κ1) is 19.4. The number of rotatable bonds is 6. The van der Waals surface area contributed by atoms with Gasteiger partial charge in [-0.1, -0.05) is 20.4 Å². The van der Waals surface area contributed by atoms with Crippen LogP contribution in [0.15, 0.2) is 29.7 Å². The second kappa shape index (κ2) is 7.12. The fraction of sp³-hybridized carbons (Fsp3) is 0.625. The van der Waals surface area contributed by atoms with E-state index in [2.05, 4.69) is 16.9 Å². The number of nitrogens with two attached hydrogens (primary N) is 1. The quantitative estimate of drug-likeness (QED) is 0.417. The molecule has 0 aliphatic carbocycles. The molecule has 0 amide bonds. The van der Waals surface area contributed by atoms with Crippen LogP contribution >= 0.6 is 0 Å². The van der Waals surface area contributed by atoms with Crippen molar-refractivity contribution in [2.75, 3.05) is 6.61 Å². The Morgan fingerprint density at radius 2 is 2.24 bits per heavy atom. The lowest BCUT2D eigenvalue weighted by Crippen LogP contribution is -2.61. The third-order valence-electron chi connectivity index (χ3n) is 4.49. The van der Waals surface area contributed by atoms with Gasteiger partial charge >= 0.3 is 5.97 Å². The van der Waals surface area contributed by atoms with Gasteiger partial charge < -0.3 is 30.7 Å². The zero-order valence-corrected chi connectivity index (χ0v) is 14.6. The van der Waals surface area contributed by atoms with Crippen molar-refractivity contribution in [2.45, 2.75) is 50.8 Å². The minimum Gasteiger partial charge on any atom is -0.480 e. The molecule has 0 aromatic rings. The van der Waals surface area contributed by atoms with Crippen LogP contribution in [0.5, 0.6) is 0 Å². The Bertz CT molecular complexity index is 601. The van der Waals surface area contributed by atoms with E-state index in [1.165, 1.54) is 17.9 Å². The van der Waals surface area contributed by atoms with Crippen LogP contribution in [0.2, 0.25) is 0 Å². The molecule has 25 heavy (non-hydrogen) atoms. The molecule has 6 N–H and O–H groups in total. The largest absolute Gasteiger partial charge is 0.480 e. The Morgan fingerprint density at radius 3 is 2.72 bits per heavy atom. The number of ether oxygens (including phenoxy) is 1. The van der Waals surface area contributed by atoms with Gasteiger partial charge in [0.1, 0.15) is 29.4 Å². The lowest BCUT2D eigenvalue weighted by molar-refractivity contribution is -0.141. The first-order chi connectivity index (χ1) is 11.6. The molecule has 0 radical (unpaired) electrons. The van der Waals surface area contributed by atoms with Crippen LogP contribution in [-0.4, -0.2) is 68.6 Å². The number of aliphatic imine (C=N–C) groups is 1. The predicted molar refractivity (Wildman–Crippen MR) is 91.3 cm³/mol. The number of carbonyl (C=O) groups is 1. The van der Waals surface area contributed by atoms with Crippen molar-refractivity contribution in [3.05, 3.63) is 24.7 Å². The average molecular weight is 354 g/mol. The van der Waals surface area contributed by atoms with Crippen LogP contribution in [0.25, 0.3) is 0 Å². The first-order valence-electron chi connectivity index (χ1n) is 8.06. The molecule has 0 aromatic carbocycles. The topological polar surface area (TPSA) is 141 Å². The van der Waals surface area contributed by atoms with Crippen molar-refractivity contribution < 1.29 is 24.9 Å². The third kappa shape index (κ3) is 3.69. The van der Waals surface area contributed by atoms with Gasteiger partial charge in [0, 0.05) is 6.20 Å². The van der Waals surface area contributed by atoms with E-state index in [4.69, 9.17) is 10.5 Å². The van der Waals surface area contributed by atoms with Crippen molar-refractivity contribution in [1.29, 1.82) is 0 Å². The maximum absolute atomic E-state index is 11.5. The third-order valence-corrected chi connectivity index (χ3v) is 4.49. The molecule has 0 saturated carbocycles. The second-order valence-corrected chi connectivity index (χ2v) is 6.82. The highest BCUT2D eigenvalue weighted by molar-refractivity contribution is 5.92. The fourth-order valence-electron chi connectivity index (χ4n) is 3.13. The Labute approximate surface area is 146 Å². The molecule has 2 aliphatic heterocycles. The molecule has 1 fully saturated rings.